The number of anilines is 1. The average Bonchev–Trinajstić information content (AvgIpc) is 2.84. The lowest BCUT2D eigenvalue weighted by molar-refractivity contribution is 0.0693. The molecule has 0 fully saturated rings. The number of ketones is 1. The van der Waals surface area contributed by atoms with Crippen LogP contribution in [0.1, 0.15) is 89.1 Å². The number of aromatic carboxylic acids is 1. The van der Waals surface area contributed by atoms with Crippen LogP contribution in [0.25, 0.3) is 6.08 Å². The van der Waals surface area contributed by atoms with Gasteiger partial charge in [-0.25, -0.2) is 4.79 Å². The third kappa shape index (κ3) is 5.61. The Morgan fingerprint density at radius 1 is 0.946 bits per heavy atom. The number of carboxylic acid groups (broad SMARTS) is 1. The van der Waals surface area contributed by atoms with Gasteiger partial charge in [-0.15, -0.1) is 0 Å². The Bertz CT molecular complexity index is 1380. The Hall–Kier alpha value is -3.86. The number of aryl methyl sites for hydroxylation is 1. The summed E-state index contributed by atoms with van der Waals surface area (Å²) in [5, 5.41) is 22.7. The van der Waals surface area contributed by atoms with E-state index in [1.54, 1.807) is 12.1 Å². The summed E-state index contributed by atoms with van der Waals surface area (Å²) in [6.45, 7) is 11.7. The van der Waals surface area contributed by atoms with Crippen molar-refractivity contribution in [3.63, 3.8) is 0 Å². The summed E-state index contributed by atoms with van der Waals surface area (Å²) in [5.74, 6) is -1.68. The molecule has 0 heterocycles. The fourth-order valence-corrected chi connectivity index (χ4v) is 5.08. The molecule has 0 aliphatic heterocycles. The zero-order valence-corrected chi connectivity index (χ0v) is 22.2. The highest BCUT2D eigenvalue weighted by atomic mass is 16.4. The second-order valence-electron chi connectivity index (χ2n) is 11.3. The molecule has 0 aromatic heterocycles. The van der Waals surface area contributed by atoms with Crippen molar-refractivity contribution in [3.8, 4) is 5.75 Å². The number of hydrogen-bond donors (Lipinski definition) is 3. The van der Waals surface area contributed by atoms with Gasteiger partial charge < -0.3 is 15.5 Å². The fourth-order valence-electron chi connectivity index (χ4n) is 5.08. The molecule has 0 spiro atoms. The van der Waals surface area contributed by atoms with E-state index < -0.39 is 5.97 Å². The van der Waals surface area contributed by atoms with Crippen LogP contribution in [0.5, 0.6) is 5.75 Å². The van der Waals surface area contributed by atoms with Crippen molar-refractivity contribution in [1.82, 2.24) is 0 Å². The maximum atomic E-state index is 13.3. The first-order valence-electron chi connectivity index (χ1n) is 12.6. The Balaban J connectivity index is 1.71. The van der Waals surface area contributed by atoms with Crippen LogP contribution < -0.4 is 5.32 Å². The fraction of sp³-hybridized carbons (Fsp3) is 0.312. The normalized spacial score (nSPS) is 15.8. The first-order valence-corrected chi connectivity index (χ1v) is 12.6. The minimum absolute atomic E-state index is 0.0265. The third-order valence-corrected chi connectivity index (χ3v) is 7.49. The number of fused-ring (bicyclic) bond motifs is 1. The number of rotatable bonds is 7. The number of aromatic hydroxyl groups is 1. The standard InChI is InChI=1S/C32H35NO4/c1-20-6-8-22(9-7-20)19-33-26-18-23(17-25-29(26)32(4,5)15-14-31(25,2)3)27(34)13-11-21-10-12-24(30(36)37)28(35)16-21/h6-13,16-18,33,35H,14-15,19H2,1-5H3,(H,36,37)/b13-11+. The summed E-state index contributed by atoms with van der Waals surface area (Å²) >= 11 is 0. The van der Waals surface area contributed by atoms with Crippen molar-refractivity contribution in [1.29, 1.82) is 0 Å². The summed E-state index contributed by atoms with van der Waals surface area (Å²) in [4.78, 5) is 24.5. The quantitative estimate of drug-likeness (QED) is 0.236. The van der Waals surface area contributed by atoms with Crippen molar-refractivity contribution in [3.05, 3.63) is 99.6 Å². The van der Waals surface area contributed by atoms with Crippen LogP contribution in [0.2, 0.25) is 0 Å². The summed E-state index contributed by atoms with van der Waals surface area (Å²) in [6.07, 6.45) is 5.17. The minimum atomic E-state index is -1.20. The monoisotopic (exact) mass is 497 g/mol. The molecule has 0 unspecified atom stereocenters. The van der Waals surface area contributed by atoms with Gasteiger partial charge in [0.25, 0.3) is 0 Å². The van der Waals surface area contributed by atoms with Crippen molar-refractivity contribution >= 4 is 23.5 Å². The van der Waals surface area contributed by atoms with Crippen LogP contribution in [0.4, 0.5) is 5.69 Å². The van der Waals surface area contributed by atoms with Gasteiger partial charge in [0.15, 0.2) is 5.78 Å². The van der Waals surface area contributed by atoms with E-state index in [9.17, 15) is 14.7 Å². The van der Waals surface area contributed by atoms with Gasteiger partial charge in [-0.2, -0.15) is 0 Å². The molecule has 3 aromatic carbocycles. The van der Waals surface area contributed by atoms with E-state index in [4.69, 9.17) is 5.11 Å². The summed E-state index contributed by atoms with van der Waals surface area (Å²) in [5.41, 5.74) is 6.71. The van der Waals surface area contributed by atoms with E-state index in [1.807, 2.05) is 12.1 Å². The number of nitrogens with one attached hydrogen (secondary N) is 1. The van der Waals surface area contributed by atoms with Crippen molar-refractivity contribution in [2.75, 3.05) is 5.32 Å². The smallest absolute Gasteiger partial charge is 0.339 e. The highest BCUT2D eigenvalue weighted by Gasteiger charge is 2.39. The molecule has 1 aliphatic rings. The largest absolute Gasteiger partial charge is 0.507 e. The van der Waals surface area contributed by atoms with Gasteiger partial charge in [0.05, 0.1) is 0 Å². The molecule has 0 saturated heterocycles. The number of carbonyl (C=O) groups is 2. The van der Waals surface area contributed by atoms with Crippen LogP contribution in [0, 0.1) is 6.92 Å². The lowest BCUT2D eigenvalue weighted by atomic mass is 9.62. The molecule has 4 rings (SSSR count). The van der Waals surface area contributed by atoms with Gasteiger partial charge in [-0.05, 0) is 83.2 Å². The van der Waals surface area contributed by atoms with Crippen molar-refractivity contribution < 1.29 is 19.8 Å². The van der Waals surface area contributed by atoms with Crippen LogP contribution in [-0.2, 0) is 17.4 Å². The maximum absolute atomic E-state index is 13.3. The van der Waals surface area contributed by atoms with Crippen LogP contribution >= 0.6 is 0 Å². The van der Waals surface area contributed by atoms with Crippen molar-refractivity contribution in [2.24, 2.45) is 0 Å². The van der Waals surface area contributed by atoms with Gasteiger partial charge >= 0.3 is 5.97 Å². The summed E-state index contributed by atoms with van der Waals surface area (Å²) in [7, 11) is 0. The number of hydrogen-bond acceptors (Lipinski definition) is 4. The number of benzene rings is 3. The number of carboxylic acids is 1. The Morgan fingerprint density at radius 3 is 2.27 bits per heavy atom. The molecule has 192 valence electrons. The zero-order valence-electron chi connectivity index (χ0n) is 22.2. The van der Waals surface area contributed by atoms with E-state index in [0.717, 1.165) is 18.5 Å². The van der Waals surface area contributed by atoms with Crippen LogP contribution in [0.15, 0.2) is 60.7 Å². The molecule has 0 atom stereocenters. The highest BCUT2D eigenvalue weighted by molar-refractivity contribution is 6.07. The molecule has 3 N–H and O–H groups in total. The van der Waals surface area contributed by atoms with Gasteiger partial charge in [0, 0.05) is 17.8 Å². The zero-order chi connectivity index (χ0) is 27.0. The Kier molecular flexibility index (Phi) is 7.00. The first kappa shape index (κ1) is 26.2. The molecular formula is C32H35NO4. The van der Waals surface area contributed by atoms with E-state index >= 15 is 0 Å². The second-order valence-corrected chi connectivity index (χ2v) is 11.3. The minimum Gasteiger partial charge on any atom is -0.507 e. The topological polar surface area (TPSA) is 86.6 Å². The molecule has 37 heavy (non-hydrogen) atoms. The predicted molar refractivity (Wildman–Crippen MR) is 149 cm³/mol. The second kappa shape index (κ2) is 9.89. The summed E-state index contributed by atoms with van der Waals surface area (Å²) < 4.78 is 0. The lowest BCUT2D eigenvalue weighted by Crippen LogP contribution is -2.35. The molecule has 0 saturated carbocycles. The van der Waals surface area contributed by atoms with Gasteiger partial charge in [0.2, 0.25) is 0 Å². The van der Waals surface area contributed by atoms with Gasteiger partial charge in [0.1, 0.15) is 11.3 Å². The molecule has 3 aromatic rings. The molecule has 5 nitrogen and oxygen atoms in total. The maximum Gasteiger partial charge on any atom is 0.339 e. The van der Waals surface area contributed by atoms with E-state index in [2.05, 4.69) is 64.2 Å². The Morgan fingerprint density at radius 2 is 1.62 bits per heavy atom. The van der Waals surface area contributed by atoms with Crippen LogP contribution in [-0.4, -0.2) is 22.0 Å². The summed E-state index contributed by atoms with van der Waals surface area (Å²) in [6, 6.07) is 16.7. The molecule has 0 amide bonds. The SMILES string of the molecule is Cc1ccc(CNc2cc(C(=O)/C=C/c3ccc(C(=O)O)c(O)c3)cc3c2C(C)(C)CCC3(C)C)cc1. The number of phenols is 1. The van der Waals surface area contributed by atoms with E-state index in [0.29, 0.717) is 17.7 Å². The van der Waals surface area contributed by atoms with Gasteiger partial charge in [-0.1, -0.05) is 69.7 Å². The predicted octanol–water partition coefficient (Wildman–Crippen LogP) is 7.26. The van der Waals surface area contributed by atoms with E-state index in [1.165, 1.54) is 40.5 Å². The van der Waals surface area contributed by atoms with E-state index in [-0.39, 0.29) is 27.9 Å². The van der Waals surface area contributed by atoms with Crippen LogP contribution in [0.3, 0.4) is 0 Å². The lowest BCUT2D eigenvalue weighted by Gasteiger charge is -2.43. The molecule has 1 aliphatic carbocycles. The molecule has 0 bridgehead atoms. The number of allylic oxidation sites excluding steroid dienone is 1. The molecular weight excluding hydrogens is 462 g/mol. The Labute approximate surface area is 218 Å². The van der Waals surface area contributed by atoms with Gasteiger partial charge in [-0.3, -0.25) is 4.79 Å². The highest BCUT2D eigenvalue weighted by Crippen LogP contribution is 2.49. The molecule has 5 heteroatoms. The first-order chi connectivity index (χ1) is 17.4. The number of carbonyl (C=O) groups excluding carboxylic acids is 1. The third-order valence-electron chi connectivity index (χ3n) is 7.49. The molecule has 0 radical (unpaired) electrons. The average molecular weight is 498 g/mol. The van der Waals surface area contributed by atoms with Crippen molar-refractivity contribution in [2.45, 2.75) is 64.8 Å².